The minimum Gasteiger partial charge on any atom is -0.376 e. The molecule has 1 aromatic rings. The summed E-state index contributed by atoms with van der Waals surface area (Å²) < 4.78 is 62.7. The maximum atomic E-state index is 13.0. The van der Waals surface area contributed by atoms with Gasteiger partial charge in [-0.15, -0.1) is 0 Å². The van der Waals surface area contributed by atoms with Crippen molar-refractivity contribution in [2.75, 3.05) is 42.4 Å². The van der Waals surface area contributed by atoms with E-state index in [2.05, 4.69) is 5.32 Å². The zero-order valence-corrected chi connectivity index (χ0v) is 16.9. The van der Waals surface area contributed by atoms with E-state index in [1.54, 1.807) is 32.8 Å². The number of hydrogen-bond acceptors (Lipinski definition) is 4. The number of benzene rings is 1. The zero-order chi connectivity index (χ0) is 21.0. The molecule has 0 aliphatic rings. The fraction of sp³-hybridized carbons (Fsp3) is 0.588. The molecule has 1 aromatic carbocycles. The molecule has 1 N–H and O–H groups in total. The van der Waals surface area contributed by atoms with Crippen LogP contribution in [0.4, 0.5) is 29.3 Å². The van der Waals surface area contributed by atoms with Crippen molar-refractivity contribution >= 4 is 27.2 Å². The molecule has 27 heavy (non-hydrogen) atoms. The molecule has 0 spiro atoms. The summed E-state index contributed by atoms with van der Waals surface area (Å²) in [4.78, 5) is 15.5. The van der Waals surface area contributed by atoms with Crippen molar-refractivity contribution < 1.29 is 26.4 Å². The first-order valence-electron chi connectivity index (χ1n) is 8.49. The van der Waals surface area contributed by atoms with Crippen LogP contribution in [0.3, 0.4) is 0 Å². The van der Waals surface area contributed by atoms with Crippen LogP contribution in [-0.4, -0.2) is 57.5 Å². The third kappa shape index (κ3) is 6.30. The van der Waals surface area contributed by atoms with Crippen LogP contribution < -0.4 is 10.2 Å². The van der Waals surface area contributed by atoms with E-state index in [9.17, 15) is 26.4 Å². The molecule has 0 aliphatic carbocycles. The third-order valence-electron chi connectivity index (χ3n) is 4.12. The number of hydrogen-bond donors (Lipinski definition) is 1. The molecule has 0 saturated carbocycles. The van der Waals surface area contributed by atoms with Crippen LogP contribution in [0.1, 0.15) is 26.3 Å². The second kappa shape index (κ2) is 8.81. The molecule has 6 nitrogen and oxygen atoms in total. The van der Waals surface area contributed by atoms with E-state index in [1.165, 1.54) is 17.9 Å². The average molecular weight is 409 g/mol. The standard InChI is InChI=1S/C17H26F3N3O3S/c1-6-23(12(3)11-27(25,26)7-2)16(24)21-14-10-13(17(18,19)20)8-9-15(14)22(4)5/h8-10,12H,6-7,11H2,1-5H3,(H,21,24)/t12-/m0/s1. The number of urea groups is 1. The number of halogens is 3. The van der Waals surface area contributed by atoms with Gasteiger partial charge in [-0.3, -0.25) is 0 Å². The van der Waals surface area contributed by atoms with Crippen LogP contribution in [0, 0.1) is 0 Å². The van der Waals surface area contributed by atoms with Crippen LogP contribution in [0.5, 0.6) is 0 Å². The van der Waals surface area contributed by atoms with Gasteiger partial charge in [-0.2, -0.15) is 13.2 Å². The molecular weight excluding hydrogens is 383 g/mol. The van der Waals surface area contributed by atoms with Crippen molar-refractivity contribution in [2.45, 2.75) is 33.0 Å². The zero-order valence-electron chi connectivity index (χ0n) is 16.1. The summed E-state index contributed by atoms with van der Waals surface area (Å²) in [7, 11) is -0.0163. The quantitative estimate of drug-likeness (QED) is 0.749. The molecule has 0 fully saturated rings. The van der Waals surface area contributed by atoms with Gasteiger partial charge in [0.2, 0.25) is 0 Å². The molecule has 2 amide bonds. The van der Waals surface area contributed by atoms with Crippen LogP contribution >= 0.6 is 0 Å². The Morgan fingerprint density at radius 1 is 1.22 bits per heavy atom. The average Bonchev–Trinajstić information content (AvgIpc) is 2.53. The number of alkyl halides is 3. The first-order valence-corrected chi connectivity index (χ1v) is 10.3. The number of carbonyl (C=O) groups is 1. The van der Waals surface area contributed by atoms with E-state index >= 15 is 0 Å². The summed E-state index contributed by atoms with van der Waals surface area (Å²) in [5, 5.41) is 2.49. The lowest BCUT2D eigenvalue weighted by Gasteiger charge is -2.29. The molecule has 0 aliphatic heterocycles. The maximum Gasteiger partial charge on any atom is 0.416 e. The smallest absolute Gasteiger partial charge is 0.376 e. The fourth-order valence-electron chi connectivity index (χ4n) is 2.62. The van der Waals surface area contributed by atoms with Gasteiger partial charge in [-0.05, 0) is 32.0 Å². The number of nitrogens with zero attached hydrogens (tertiary/aromatic N) is 2. The van der Waals surface area contributed by atoms with Gasteiger partial charge in [0.05, 0.1) is 22.7 Å². The number of anilines is 2. The van der Waals surface area contributed by atoms with Gasteiger partial charge in [0, 0.05) is 32.4 Å². The maximum absolute atomic E-state index is 13.0. The number of nitrogens with one attached hydrogen (secondary N) is 1. The minimum absolute atomic E-state index is 0.00354. The van der Waals surface area contributed by atoms with Gasteiger partial charge in [0.15, 0.2) is 9.84 Å². The Labute approximate surface area is 158 Å². The largest absolute Gasteiger partial charge is 0.416 e. The summed E-state index contributed by atoms with van der Waals surface area (Å²) >= 11 is 0. The van der Waals surface area contributed by atoms with Crippen molar-refractivity contribution in [2.24, 2.45) is 0 Å². The van der Waals surface area contributed by atoms with Gasteiger partial charge in [0.1, 0.15) is 0 Å². The Kier molecular flexibility index (Phi) is 7.53. The number of sulfone groups is 1. The highest BCUT2D eigenvalue weighted by Gasteiger charge is 2.32. The number of carbonyl (C=O) groups excluding carboxylic acids is 1. The Morgan fingerprint density at radius 3 is 2.26 bits per heavy atom. The summed E-state index contributed by atoms with van der Waals surface area (Å²) in [6.07, 6.45) is -4.54. The minimum atomic E-state index is -4.54. The van der Waals surface area contributed by atoms with E-state index in [0.717, 1.165) is 12.1 Å². The second-order valence-electron chi connectivity index (χ2n) is 6.39. The molecule has 0 heterocycles. The predicted molar refractivity (Wildman–Crippen MR) is 101 cm³/mol. The van der Waals surface area contributed by atoms with Crippen molar-refractivity contribution in [3.8, 4) is 0 Å². The number of rotatable bonds is 7. The molecule has 0 radical (unpaired) electrons. The monoisotopic (exact) mass is 409 g/mol. The second-order valence-corrected chi connectivity index (χ2v) is 8.79. The molecule has 0 aromatic heterocycles. The van der Waals surface area contributed by atoms with E-state index in [0.29, 0.717) is 5.69 Å². The van der Waals surface area contributed by atoms with Gasteiger partial charge < -0.3 is 15.1 Å². The molecule has 0 bridgehead atoms. The van der Waals surface area contributed by atoms with E-state index in [-0.39, 0.29) is 23.7 Å². The molecule has 1 rings (SSSR count). The highest BCUT2D eigenvalue weighted by atomic mass is 32.2. The van der Waals surface area contributed by atoms with Crippen LogP contribution in [0.25, 0.3) is 0 Å². The Bertz CT molecular complexity index is 764. The first kappa shape index (κ1) is 23.1. The Balaban J connectivity index is 3.15. The highest BCUT2D eigenvalue weighted by molar-refractivity contribution is 7.91. The Hall–Kier alpha value is -1.97. The van der Waals surface area contributed by atoms with Crippen molar-refractivity contribution in [1.82, 2.24) is 4.90 Å². The van der Waals surface area contributed by atoms with E-state index < -0.39 is 33.6 Å². The molecule has 1 atom stereocenters. The SMILES string of the molecule is CCN(C(=O)Nc1cc(C(F)(F)F)ccc1N(C)C)[C@@H](C)CS(=O)(=O)CC. The lowest BCUT2D eigenvalue weighted by molar-refractivity contribution is -0.137. The van der Waals surface area contributed by atoms with Gasteiger partial charge in [-0.1, -0.05) is 6.92 Å². The first-order chi connectivity index (χ1) is 12.3. The van der Waals surface area contributed by atoms with Crippen molar-refractivity contribution in [3.05, 3.63) is 23.8 Å². The summed E-state index contributed by atoms with van der Waals surface area (Å²) in [6, 6.07) is 1.82. The molecule has 0 unspecified atom stereocenters. The summed E-state index contributed by atoms with van der Waals surface area (Å²) in [5.41, 5.74) is -0.474. The van der Waals surface area contributed by atoms with Crippen LogP contribution in [0.15, 0.2) is 18.2 Å². The third-order valence-corrected chi connectivity index (χ3v) is 5.99. The van der Waals surface area contributed by atoms with E-state index in [1.807, 2.05) is 0 Å². The number of amides is 2. The van der Waals surface area contributed by atoms with Crippen LogP contribution in [0.2, 0.25) is 0 Å². The van der Waals surface area contributed by atoms with Gasteiger partial charge in [0.25, 0.3) is 0 Å². The molecule has 10 heteroatoms. The fourth-order valence-corrected chi connectivity index (χ4v) is 3.77. The highest BCUT2D eigenvalue weighted by Crippen LogP contribution is 2.35. The predicted octanol–water partition coefficient (Wildman–Crippen LogP) is 3.45. The normalized spacial score (nSPS) is 13.2. The van der Waals surface area contributed by atoms with E-state index in [4.69, 9.17) is 0 Å². The van der Waals surface area contributed by atoms with Crippen LogP contribution in [-0.2, 0) is 16.0 Å². The molecule has 154 valence electrons. The van der Waals surface area contributed by atoms with Crippen molar-refractivity contribution in [3.63, 3.8) is 0 Å². The molecular formula is C17H26F3N3O3S. The summed E-state index contributed by atoms with van der Waals surface area (Å²) in [5.74, 6) is -0.261. The molecule has 0 saturated heterocycles. The summed E-state index contributed by atoms with van der Waals surface area (Å²) in [6.45, 7) is 5.00. The van der Waals surface area contributed by atoms with Gasteiger partial charge >= 0.3 is 12.2 Å². The topological polar surface area (TPSA) is 69.7 Å². The Morgan fingerprint density at radius 2 is 1.81 bits per heavy atom. The lowest BCUT2D eigenvalue weighted by Crippen LogP contribution is -2.44. The lowest BCUT2D eigenvalue weighted by atomic mass is 10.1. The van der Waals surface area contributed by atoms with Gasteiger partial charge in [-0.25, -0.2) is 13.2 Å². The van der Waals surface area contributed by atoms with Crippen molar-refractivity contribution in [1.29, 1.82) is 0 Å².